The Balaban J connectivity index is 2.33. The highest BCUT2D eigenvalue weighted by Crippen LogP contribution is 2.29. The van der Waals surface area contributed by atoms with E-state index in [4.69, 9.17) is 5.26 Å². The van der Waals surface area contributed by atoms with Crippen LogP contribution in [0.4, 0.5) is 0 Å². The van der Waals surface area contributed by atoms with Crippen LogP contribution in [0.3, 0.4) is 0 Å². The van der Waals surface area contributed by atoms with Gasteiger partial charge in [-0.25, -0.2) is 0 Å². The monoisotopic (exact) mass is 166 g/mol. The van der Waals surface area contributed by atoms with Crippen LogP contribution in [-0.4, -0.2) is 23.5 Å². The number of rotatable bonds is 5. The van der Waals surface area contributed by atoms with Gasteiger partial charge in [0.1, 0.15) is 0 Å². The van der Waals surface area contributed by atoms with Gasteiger partial charge in [0.15, 0.2) is 0 Å². The van der Waals surface area contributed by atoms with Gasteiger partial charge in [-0.3, -0.25) is 4.90 Å². The fourth-order valence-electron chi connectivity index (χ4n) is 1.58. The number of nitrogens with zero attached hydrogens (tertiary/aromatic N) is 2. The maximum atomic E-state index is 8.50. The van der Waals surface area contributed by atoms with Crippen LogP contribution < -0.4 is 0 Å². The molecule has 0 amide bonds. The van der Waals surface area contributed by atoms with Crippen molar-refractivity contribution in [3.05, 3.63) is 0 Å². The molecule has 1 saturated carbocycles. The van der Waals surface area contributed by atoms with E-state index in [0.717, 1.165) is 12.6 Å². The van der Waals surface area contributed by atoms with Crippen molar-refractivity contribution >= 4 is 0 Å². The molecule has 1 unspecified atom stereocenters. The summed E-state index contributed by atoms with van der Waals surface area (Å²) < 4.78 is 0. The second kappa shape index (κ2) is 4.47. The molecule has 0 bridgehead atoms. The number of nitriles is 1. The van der Waals surface area contributed by atoms with Crippen molar-refractivity contribution in [1.82, 2.24) is 4.90 Å². The summed E-state index contributed by atoms with van der Waals surface area (Å²) in [7, 11) is 0. The quantitative estimate of drug-likeness (QED) is 0.626. The van der Waals surface area contributed by atoms with Crippen molar-refractivity contribution < 1.29 is 0 Å². The maximum Gasteiger partial charge on any atom is 0.0635 e. The molecule has 0 aromatic heterocycles. The summed E-state index contributed by atoms with van der Waals surface area (Å²) in [4.78, 5) is 2.49. The molecule has 2 heteroatoms. The van der Waals surface area contributed by atoms with E-state index in [1.54, 1.807) is 0 Å². The smallest absolute Gasteiger partial charge is 0.0635 e. The van der Waals surface area contributed by atoms with Gasteiger partial charge >= 0.3 is 0 Å². The zero-order valence-electron chi connectivity index (χ0n) is 8.08. The molecule has 1 aliphatic carbocycles. The fourth-order valence-corrected chi connectivity index (χ4v) is 1.58. The molecule has 1 aliphatic rings. The Morgan fingerprint density at radius 2 is 2.25 bits per heavy atom. The van der Waals surface area contributed by atoms with Crippen molar-refractivity contribution in [1.29, 1.82) is 5.26 Å². The van der Waals surface area contributed by atoms with E-state index in [9.17, 15) is 0 Å². The first kappa shape index (κ1) is 9.54. The zero-order valence-corrected chi connectivity index (χ0v) is 8.08. The fraction of sp³-hybridized carbons (Fsp3) is 0.900. The summed E-state index contributed by atoms with van der Waals surface area (Å²) in [6, 6.07) is 3.68. The van der Waals surface area contributed by atoms with Gasteiger partial charge in [-0.1, -0.05) is 6.92 Å². The van der Waals surface area contributed by atoms with Crippen molar-refractivity contribution in [2.45, 2.75) is 51.6 Å². The molecule has 0 radical (unpaired) electrons. The van der Waals surface area contributed by atoms with E-state index in [2.05, 4.69) is 24.8 Å². The predicted octanol–water partition coefficient (Wildman–Crippen LogP) is 2.16. The highest BCUT2D eigenvalue weighted by atomic mass is 15.2. The molecule has 0 saturated heterocycles. The highest BCUT2D eigenvalue weighted by Gasteiger charge is 2.30. The Hall–Kier alpha value is -0.550. The first-order valence-corrected chi connectivity index (χ1v) is 4.92. The topological polar surface area (TPSA) is 27.0 Å². The lowest BCUT2D eigenvalue weighted by Gasteiger charge is -2.27. The third-order valence-corrected chi connectivity index (χ3v) is 2.65. The largest absolute Gasteiger partial charge is 0.297 e. The number of hydrogen-bond acceptors (Lipinski definition) is 2. The van der Waals surface area contributed by atoms with Gasteiger partial charge in [0.05, 0.1) is 6.07 Å². The second-order valence-corrected chi connectivity index (χ2v) is 3.63. The van der Waals surface area contributed by atoms with Crippen LogP contribution >= 0.6 is 0 Å². The summed E-state index contributed by atoms with van der Waals surface area (Å²) >= 11 is 0. The molecule has 1 rings (SSSR count). The van der Waals surface area contributed by atoms with E-state index in [1.807, 2.05) is 0 Å². The predicted molar refractivity (Wildman–Crippen MR) is 49.7 cm³/mol. The second-order valence-electron chi connectivity index (χ2n) is 3.63. The summed E-state index contributed by atoms with van der Waals surface area (Å²) in [5.41, 5.74) is 0. The van der Waals surface area contributed by atoms with Gasteiger partial charge < -0.3 is 0 Å². The Morgan fingerprint density at radius 1 is 1.58 bits per heavy atom. The van der Waals surface area contributed by atoms with E-state index in [-0.39, 0.29) is 0 Å². The highest BCUT2D eigenvalue weighted by molar-refractivity contribution is 4.88. The molecule has 1 fully saturated rings. The van der Waals surface area contributed by atoms with Crippen molar-refractivity contribution in [3.8, 4) is 6.07 Å². The molecule has 0 aliphatic heterocycles. The van der Waals surface area contributed by atoms with E-state index < -0.39 is 0 Å². The molecule has 0 aromatic carbocycles. The maximum absolute atomic E-state index is 8.50. The minimum absolute atomic E-state index is 0.658. The molecule has 0 spiro atoms. The summed E-state index contributed by atoms with van der Waals surface area (Å²) in [5, 5.41) is 8.50. The van der Waals surface area contributed by atoms with Crippen LogP contribution in [-0.2, 0) is 0 Å². The van der Waals surface area contributed by atoms with Crippen LogP contribution in [0.5, 0.6) is 0 Å². The molecule has 68 valence electrons. The summed E-state index contributed by atoms with van der Waals surface area (Å²) in [5.74, 6) is 0. The summed E-state index contributed by atoms with van der Waals surface area (Å²) in [6.45, 7) is 5.44. The molecule has 1 atom stereocenters. The SMILES string of the molecule is CCC(C)N(CCC#N)C1CC1. The Kier molecular flexibility index (Phi) is 3.55. The van der Waals surface area contributed by atoms with Crippen LogP contribution in [0.25, 0.3) is 0 Å². The van der Waals surface area contributed by atoms with Gasteiger partial charge in [0.2, 0.25) is 0 Å². The molecule has 0 N–H and O–H groups in total. The molecular formula is C10H18N2. The first-order valence-electron chi connectivity index (χ1n) is 4.92. The molecule has 0 aromatic rings. The normalized spacial score (nSPS) is 19.2. The van der Waals surface area contributed by atoms with Gasteiger partial charge in [0, 0.05) is 25.0 Å². The van der Waals surface area contributed by atoms with Crippen molar-refractivity contribution in [2.75, 3.05) is 6.54 Å². The van der Waals surface area contributed by atoms with E-state index >= 15 is 0 Å². The Labute approximate surface area is 75.2 Å². The summed E-state index contributed by atoms with van der Waals surface area (Å²) in [6.07, 6.45) is 4.56. The zero-order chi connectivity index (χ0) is 8.97. The van der Waals surface area contributed by atoms with E-state index in [1.165, 1.54) is 19.3 Å². The first-order chi connectivity index (χ1) is 5.79. The van der Waals surface area contributed by atoms with Gasteiger partial charge in [-0.15, -0.1) is 0 Å². The van der Waals surface area contributed by atoms with Gasteiger partial charge in [0.25, 0.3) is 0 Å². The third-order valence-electron chi connectivity index (χ3n) is 2.65. The molecule has 0 heterocycles. The van der Waals surface area contributed by atoms with Gasteiger partial charge in [-0.05, 0) is 26.2 Å². The Morgan fingerprint density at radius 3 is 2.67 bits per heavy atom. The standard InChI is InChI=1S/C10H18N2/c1-3-9(2)12(8-4-7-11)10-5-6-10/h9-10H,3-6,8H2,1-2H3. The average molecular weight is 166 g/mol. The number of hydrogen-bond donors (Lipinski definition) is 0. The van der Waals surface area contributed by atoms with Crippen molar-refractivity contribution in [3.63, 3.8) is 0 Å². The lowest BCUT2D eigenvalue weighted by molar-refractivity contribution is 0.198. The molecule has 12 heavy (non-hydrogen) atoms. The minimum Gasteiger partial charge on any atom is -0.297 e. The van der Waals surface area contributed by atoms with Crippen molar-refractivity contribution in [2.24, 2.45) is 0 Å². The average Bonchev–Trinajstić information content (AvgIpc) is 2.88. The minimum atomic E-state index is 0.658. The third kappa shape index (κ3) is 2.49. The van der Waals surface area contributed by atoms with Crippen LogP contribution in [0.1, 0.15) is 39.5 Å². The Bertz CT molecular complexity index is 167. The van der Waals surface area contributed by atoms with Crippen LogP contribution in [0, 0.1) is 11.3 Å². The lowest BCUT2D eigenvalue weighted by atomic mass is 10.2. The van der Waals surface area contributed by atoms with E-state index in [0.29, 0.717) is 12.5 Å². The van der Waals surface area contributed by atoms with Crippen LogP contribution in [0.15, 0.2) is 0 Å². The van der Waals surface area contributed by atoms with Crippen LogP contribution in [0.2, 0.25) is 0 Å². The lowest BCUT2D eigenvalue weighted by Crippen LogP contribution is -2.35. The molecular weight excluding hydrogens is 148 g/mol. The van der Waals surface area contributed by atoms with Gasteiger partial charge in [-0.2, -0.15) is 5.26 Å². The molecule has 2 nitrogen and oxygen atoms in total.